The molecule has 2 unspecified atom stereocenters. The average molecular weight is 502 g/mol. The van der Waals surface area contributed by atoms with Gasteiger partial charge in [0.2, 0.25) is 5.91 Å². The fourth-order valence-corrected chi connectivity index (χ4v) is 3.73. The minimum Gasteiger partial charge on any atom is -0.466 e. The second kappa shape index (κ2) is 11.5. The predicted molar refractivity (Wildman–Crippen MR) is 131 cm³/mol. The Morgan fingerprint density at radius 2 is 1.77 bits per heavy atom. The Labute approximate surface area is 209 Å². The molecule has 4 amide bonds. The Bertz CT molecular complexity index is 1110. The van der Waals surface area contributed by atoms with Crippen molar-refractivity contribution in [1.82, 2.24) is 15.5 Å². The summed E-state index contributed by atoms with van der Waals surface area (Å²) in [6.45, 7) is 2.93. The lowest BCUT2D eigenvalue weighted by molar-refractivity contribution is -0.144. The van der Waals surface area contributed by atoms with Crippen molar-refractivity contribution in [2.24, 2.45) is 5.73 Å². The molecule has 186 valence electrons. The summed E-state index contributed by atoms with van der Waals surface area (Å²) in [5.74, 6) is -1.79. The van der Waals surface area contributed by atoms with Crippen LogP contribution in [-0.2, 0) is 24.7 Å². The Balaban J connectivity index is 0.00000432. The molecule has 0 aromatic heterocycles. The summed E-state index contributed by atoms with van der Waals surface area (Å²) in [6.07, 6.45) is -0.0933. The van der Waals surface area contributed by atoms with Crippen LogP contribution in [0.1, 0.15) is 43.0 Å². The van der Waals surface area contributed by atoms with E-state index in [1.807, 2.05) is 6.07 Å². The lowest BCUT2D eigenvalue weighted by atomic mass is 9.91. The van der Waals surface area contributed by atoms with Crippen LogP contribution in [0.25, 0.3) is 0 Å². The van der Waals surface area contributed by atoms with Crippen molar-refractivity contribution in [3.05, 3.63) is 71.3 Å². The Kier molecular flexibility index (Phi) is 8.96. The minimum absolute atomic E-state index is 0. The molecule has 35 heavy (non-hydrogen) atoms. The highest BCUT2D eigenvalue weighted by atomic mass is 35.5. The highest BCUT2D eigenvalue weighted by Crippen LogP contribution is 2.29. The summed E-state index contributed by atoms with van der Waals surface area (Å²) in [4.78, 5) is 51.4. The molecule has 2 atom stereocenters. The summed E-state index contributed by atoms with van der Waals surface area (Å²) >= 11 is 0. The summed E-state index contributed by atoms with van der Waals surface area (Å²) in [7, 11) is 0. The Hall–Kier alpha value is -3.92. The van der Waals surface area contributed by atoms with Crippen LogP contribution in [-0.4, -0.2) is 47.7 Å². The van der Waals surface area contributed by atoms with Crippen LogP contribution in [0.3, 0.4) is 0 Å². The molecule has 2 aromatic rings. The van der Waals surface area contributed by atoms with Gasteiger partial charge in [-0.15, -0.1) is 12.4 Å². The molecule has 2 aromatic carbocycles. The van der Waals surface area contributed by atoms with Crippen molar-refractivity contribution >= 4 is 42.1 Å². The van der Waals surface area contributed by atoms with Crippen molar-refractivity contribution < 1.29 is 23.9 Å². The molecule has 0 aliphatic carbocycles. The molecule has 1 fully saturated rings. The maximum atomic E-state index is 13.1. The topological polar surface area (TPSA) is 155 Å². The van der Waals surface area contributed by atoms with Gasteiger partial charge >= 0.3 is 12.0 Å². The van der Waals surface area contributed by atoms with Gasteiger partial charge in [0.05, 0.1) is 19.1 Å². The highest BCUT2D eigenvalue weighted by Gasteiger charge is 2.49. The lowest BCUT2D eigenvalue weighted by Crippen LogP contribution is -2.44. The van der Waals surface area contributed by atoms with E-state index in [-0.39, 0.29) is 31.3 Å². The van der Waals surface area contributed by atoms with Gasteiger partial charge in [0.25, 0.3) is 5.91 Å². The normalized spacial score (nSPS) is 17.7. The van der Waals surface area contributed by atoms with E-state index >= 15 is 0 Å². The number of imide groups is 1. The van der Waals surface area contributed by atoms with Crippen LogP contribution in [0.2, 0.25) is 0 Å². The number of hydrogen-bond acceptors (Lipinski definition) is 6. The number of ether oxygens (including phenoxy) is 1. The zero-order valence-corrected chi connectivity index (χ0v) is 20.2. The van der Waals surface area contributed by atoms with Crippen LogP contribution in [0, 0.1) is 5.41 Å². The maximum Gasteiger partial charge on any atom is 0.325 e. The first-order valence-corrected chi connectivity index (χ1v) is 10.7. The number of carbonyl (C=O) groups excluding carboxylic acids is 4. The molecule has 1 aliphatic heterocycles. The molecule has 0 saturated carbocycles. The standard InChI is InChI=1S/C24H27N5O5.ClH/c1-3-34-20(31)13-18(15-7-5-4-6-8-15)27-19(30)14-29-22(32)24(2,28-23(29)33)17-11-9-16(10-12-17)21(25)26;/h4-12,18H,3,13-14H2,1-2H3,(H3,25,26)(H,27,30)(H,28,33);1H. The summed E-state index contributed by atoms with van der Waals surface area (Å²) < 4.78 is 5.00. The number of nitrogen functional groups attached to an aromatic ring is 1. The lowest BCUT2D eigenvalue weighted by Gasteiger charge is -2.23. The molecular formula is C24H28ClN5O5. The molecule has 5 N–H and O–H groups in total. The van der Waals surface area contributed by atoms with E-state index in [4.69, 9.17) is 15.9 Å². The number of rotatable bonds is 9. The van der Waals surface area contributed by atoms with Gasteiger partial charge in [0.1, 0.15) is 17.9 Å². The number of nitrogens with zero attached hydrogens (tertiary/aromatic N) is 1. The van der Waals surface area contributed by atoms with Gasteiger partial charge in [-0.25, -0.2) is 4.79 Å². The quantitative estimate of drug-likeness (QED) is 0.178. The third-order valence-corrected chi connectivity index (χ3v) is 5.56. The Morgan fingerprint density at radius 1 is 1.14 bits per heavy atom. The van der Waals surface area contributed by atoms with Crippen molar-refractivity contribution in [2.45, 2.75) is 31.8 Å². The van der Waals surface area contributed by atoms with Crippen molar-refractivity contribution in [1.29, 1.82) is 5.41 Å². The number of urea groups is 1. The number of hydrogen-bond donors (Lipinski definition) is 4. The fourth-order valence-electron chi connectivity index (χ4n) is 3.73. The molecule has 3 rings (SSSR count). The third kappa shape index (κ3) is 6.15. The van der Waals surface area contributed by atoms with Gasteiger partial charge in [-0.3, -0.25) is 24.7 Å². The van der Waals surface area contributed by atoms with Crippen molar-refractivity contribution in [3.8, 4) is 0 Å². The molecule has 0 radical (unpaired) electrons. The number of nitrogens with one attached hydrogen (secondary N) is 3. The molecule has 1 aliphatic rings. The summed E-state index contributed by atoms with van der Waals surface area (Å²) in [5.41, 5.74) is 5.75. The largest absolute Gasteiger partial charge is 0.466 e. The monoisotopic (exact) mass is 501 g/mol. The molecular weight excluding hydrogens is 474 g/mol. The number of halogens is 1. The van der Waals surface area contributed by atoms with E-state index in [9.17, 15) is 19.2 Å². The minimum atomic E-state index is -1.38. The molecule has 0 bridgehead atoms. The molecule has 0 spiro atoms. The van der Waals surface area contributed by atoms with Gasteiger partial charge in [0, 0.05) is 5.56 Å². The smallest absolute Gasteiger partial charge is 0.325 e. The van der Waals surface area contributed by atoms with E-state index in [0.29, 0.717) is 16.7 Å². The Morgan fingerprint density at radius 3 is 2.34 bits per heavy atom. The van der Waals surface area contributed by atoms with Crippen LogP contribution < -0.4 is 16.4 Å². The predicted octanol–water partition coefficient (Wildman–Crippen LogP) is 1.97. The zero-order valence-electron chi connectivity index (χ0n) is 19.4. The third-order valence-electron chi connectivity index (χ3n) is 5.56. The number of amidine groups is 1. The first kappa shape index (κ1) is 27.3. The van der Waals surface area contributed by atoms with Gasteiger partial charge in [-0.05, 0) is 25.0 Å². The maximum absolute atomic E-state index is 13.1. The van der Waals surface area contributed by atoms with Crippen LogP contribution in [0.4, 0.5) is 4.79 Å². The van der Waals surface area contributed by atoms with Crippen molar-refractivity contribution in [3.63, 3.8) is 0 Å². The van der Waals surface area contributed by atoms with E-state index < -0.39 is 41.9 Å². The van der Waals surface area contributed by atoms with Gasteiger partial charge < -0.3 is 21.1 Å². The van der Waals surface area contributed by atoms with E-state index in [1.54, 1.807) is 62.4 Å². The fraction of sp³-hybridized carbons (Fsp3) is 0.292. The zero-order chi connectivity index (χ0) is 24.9. The van der Waals surface area contributed by atoms with E-state index in [1.165, 1.54) is 0 Å². The average Bonchev–Trinajstić information content (AvgIpc) is 3.03. The van der Waals surface area contributed by atoms with Gasteiger partial charge in [-0.1, -0.05) is 54.6 Å². The number of amides is 4. The molecule has 1 saturated heterocycles. The summed E-state index contributed by atoms with van der Waals surface area (Å²) in [5, 5.41) is 12.8. The van der Waals surface area contributed by atoms with Crippen LogP contribution in [0.15, 0.2) is 54.6 Å². The first-order chi connectivity index (χ1) is 16.2. The van der Waals surface area contributed by atoms with E-state index in [0.717, 1.165) is 4.90 Å². The molecule has 1 heterocycles. The number of carbonyl (C=O) groups is 4. The highest BCUT2D eigenvalue weighted by molar-refractivity contribution is 6.09. The van der Waals surface area contributed by atoms with Crippen molar-refractivity contribution in [2.75, 3.05) is 13.2 Å². The first-order valence-electron chi connectivity index (χ1n) is 10.7. The number of nitrogens with two attached hydrogens (primary N) is 1. The van der Waals surface area contributed by atoms with E-state index in [2.05, 4.69) is 10.6 Å². The second-order valence-corrected chi connectivity index (χ2v) is 7.98. The van der Waals surface area contributed by atoms with Crippen LogP contribution >= 0.6 is 12.4 Å². The number of benzene rings is 2. The summed E-state index contributed by atoms with van der Waals surface area (Å²) in [6, 6.07) is 13.9. The second-order valence-electron chi connectivity index (χ2n) is 7.98. The van der Waals surface area contributed by atoms with Crippen LogP contribution in [0.5, 0.6) is 0 Å². The van der Waals surface area contributed by atoms with Gasteiger partial charge in [0.15, 0.2) is 0 Å². The number of esters is 1. The van der Waals surface area contributed by atoms with Gasteiger partial charge in [-0.2, -0.15) is 0 Å². The SMILES string of the molecule is CCOC(=O)CC(NC(=O)CN1C(=O)NC(C)(c2ccc(C(=N)N)cc2)C1=O)c1ccccc1.Cl. The molecule has 10 nitrogen and oxygen atoms in total. The molecule has 11 heteroatoms.